The van der Waals surface area contributed by atoms with Gasteiger partial charge in [-0.2, -0.15) is 0 Å². The average molecular weight is 249 g/mol. The van der Waals surface area contributed by atoms with Gasteiger partial charge in [0.25, 0.3) is 5.92 Å². The Kier molecular flexibility index (Phi) is 2.43. The highest BCUT2D eigenvalue weighted by molar-refractivity contribution is 5.52. The Morgan fingerprint density at radius 2 is 2.06 bits per heavy atom. The van der Waals surface area contributed by atoms with E-state index in [0.29, 0.717) is 0 Å². The van der Waals surface area contributed by atoms with Crippen LogP contribution in [0.2, 0.25) is 0 Å². The monoisotopic (exact) mass is 249 g/mol. The molecule has 0 amide bonds. The fraction of sp³-hybridized carbons (Fsp3) is 0.385. The zero-order valence-corrected chi connectivity index (χ0v) is 9.98. The maximum atomic E-state index is 12.8. The summed E-state index contributed by atoms with van der Waals surface area (Å²) in [5.74, 6) is -2.50. The number of aromatic nitrogens is 3. The largest absolute Gasteiger partial charge is 0.333 e. The lowest BCUT2D eigenvalue weighted by atomic mass is 9.88. The topological polar surface area (TPSA) is 30.7 Å². The van der Waals surface area contributed by atoms with Crippen molar-refractivity contribution in [1.82, 2.24) is 14.5 Å². The molecule has 0 saturated heterocycles. The maximum absolute atomic E-state index is 12.8. The summed E-state index contributed by atoms with van der Waals surface area (Å²) in [6.45, 7) is 1.91. The van der Waals surface area contributed by atoms with Crippen LogP contribution in [0.4, 0.5) is 8.78 Å². The second kappa shape index (κ2) is 3.86. The first-order valence-corrected chi connectivity index (χ1v) is 5.89. The Bertz CT molecular complexity index is 569. The van der Waals surface area contributed by atoms with Crippen LogP contribution in [0.25, 0.3) is 11.4 Å². The molecular weight excluding hydrogens is 236 g/mol. The minimum Gasteiger partial charge on any atom is -0.333 e. The van der Waals surface area contributed by atoms with Crippen molar-refractivity contribution >= 4 is 0 Å². The SMILES string of the molecule is Cc1cccc(-c2cn(C3CC(F)(F)C3)cn2)n1. The third kappa shape index (κ3) is 2.00. The van der Waals surface area contributed by atoms with Crippen molar-refractivity contribution in [3.63, 3.8) is 0 Å². The van der Waals surface area contributed by atoms with E-state index in [4.69, 9.17) is 0 Å². The van der Waals surface area contributed by atoms with E-state index in [9.17, 15) is 8.78 Å². The average Bonchev–Trinajstić information content (AvgIpc) is 2.74. The van der Waals surface area contributed by atoms with E-state index in [2.05, 4.69) is 9.97 Å². The van der Waals surface area contributed by atoms with Crippen LogP contribution in [0, 0.1) is 6.92 Å². The minimum atomic E-state index is -2.50. The second-order valence-electron chi connectivity index (χ2n) is 4.79. The lowest BCUT2D eigenvalue weighted by molar-refractivity contribution is -0.104. The third-order valence-electron chi connectivity index (χ3n) is 3.24. The van der Waals surface area contributed by atoms with Crippen LogP contribution >= 0.6 is 0 Å². The Balaban J connectivity index is 1.82. The number of nitrogens with zero attached hydrogens (tertiary/aromatic N) is 3. The highest BCUT2D eigenvalue weighted by atomic mass is 19.3. The molecule has 1 aliphatic carbocycles. The quantitative estimate of drug-likeness (QED) is 0.818. The first kappa shape index (κ1) is 11.3. The molecule has 5 heteroatoms. The Morgan fingerprint density at radius 3 is 2.72 bits per heavy atom. The summed E-state index contributed by atoms with van der Waals surface area (Å²) in [7, 11) is 0. The van der Waals surface area contributed by atoms with Crippen LogP contribution < -0.4 is 0 Å². The third-order valence-corrected chi connectivity index (χ3v) is 3.24. The number of rotatable bonds is 2. The Labute approximate surface area is 103 Å². The molecule has 0 radical (unpaired) electrons. The van der Waals surface area contributed by atoms with Gasteiger partial charge >= 0.3 is 0 Å². The van der Waals surface area contributed by atoms with E-state index >= 15 is 0 Å². The summed E-state index contributed by atoms with van der Waals surface area (Å²) >= 11 is 0. The van der Waals surface area contributed by atoms with E-state index in [1.165, 1.54) is 0 Å². The molecule has 2 aromatic heterocycles. The van der Waals surface area contributed by atoms with E-state index in [0.717, 1.165) is 17.1 Å². The van der Waals surface area contributed by atoms with E-state index < -0.39 is 5.92 Å². The minimum absolute atomic E-state index is 0.0932. The van der Waals surface area contributed by atoms with Crippen LogP contribution in [0.3, 0.4) is 0 Å². The molecule has 0 atom stereocenters. The van der Waals surface area contributed by atoms with Gasteiger partial charge in [-0.15, -0.1) is 0 Å². The predicted molar refractivity (Wildman–Crippen MR) is 63.4 cm³/mol. The van der Waals surface area contributed by atoms with Crippen LogP contribution in [0.15, 0.2) is 30.7 Å². The molecule has 1 aliphatic rings. The number of halogens is 2. The normalized spacial score (nSPS) is 18.6. The predicted octanol–water partition coefficient (Wildman–Crippen LogP) is 3.22. The molecule has 0 aliphatic heterocycles. The van der Waals surface area contributed by atoms with Crippen molar-refractivity contribution in [3.8, 4) is 11.4 Å². The van der Waals surface area contributed by atoms with Crippen LogP contribution in [0.5, 0.6) is 0 Å². The molecular formula is C13H13F2N3. The summed E-state index contributed by atoms with van der Waals surface area (Å²) in [6, 6.07) is 5.56. The highest BCUT2D eigenvalue weighted by Crippen LogP contribution is 2.45. The molecule has 2 aromatic rings. The lowest BCUT2D eigenvalue weighted by Gasteiger charge is -2.35. The summed E-state index contributed by atoms with van der Waals surface area (Å²) < 4.78 is 27.4. The second-order valence-corrected chi connectivity index (χ2v) is 4.79. The number of hydrogen-bond acceptors (Lipinski definition) is 2. The van der Waals surface area contributed by atoms with Gasteiger partial charge in [-0.3, -0.25) is 4.98 Å². The Morgan fingerprint density at radius 1 is 1.28 bits per heavy atom. The first-order valence-electron chi connectivity index (χ1n) is 5.89. The van der Waals surface area contributed by atoms with Gasteiger partial charge < -0.3 is 4.57 Å². The smallest absolute Gasteiger partial charge is 0.252 e. The molecule has 1 saturated carbocycles. The number of alkyl halides is 2. The zero-order chi connectivity index (χ0) is 12.8. The van der Waals surface area contributed by atoms with Gasteiger partial charge in [-0.1, -0.05) is 6.07 Å². The zero-order valence-electron chi connectivity index (χ0n) is 9.98. The molecule has 0 spiro atoms. The van der Waals surface area contributed by atoms with Crippen molar-refractivity contribution in [2.24, 2.45) is 0 Å². The molecule has 0 unspecified atom stereocenters. The molecule has 0 bridgehead atoms. The molecule has 3 nitrogen and oxygen atoms in total. The van der Waals surface area contributed by atoms with E-state index in [-0.39, 0.29) is 18.9 Å². The Hall–Kier alpha value is -1.78. The van der Waals surface area contributed by atoms with Gasteiger partial charge in [0.05, 0.1) is 12.0 Å². The fourth-order valence-corrected chi connectivity index (χ4v) is 2.19. The van der Waals surface area contributed by atoms with Gasteiger partial charge in [-0.05, 0) is 19.1 Å². The molecule has 0 N–H and O–H groups in total. The van der Waals surface area contributed by atoms with E-state index in [1.807, 2.05) is 25.1 Å². The van der Waals surface area contributed by atoms with Crippen molar-refractivity contribution in [3.05, 3.63) is 36.4 Å². The van der Waals surface area contributed by atoms with Crippen LogP contribution in [-0.2, 0) is 0 Å². The summed E-state index contributed by atoms with van der Waals surface area (Å²) in [5, 5.41) is 0. The van der Waals surface area contributed by atoms with Gasteiger partial charge in [0.15, 0.2) is 0 Å². The van der Waals surface area contributed by atoms with Gasteiger partial charge in [-0.25, -0.2) is 13.8 Å². The summed E-state index contributed by atoms with van der Waals surface area (Å²) in [5.41, 5.74) is 2.42. The molecule has 2 heterocycles. The number of pyridine rings is 1. The van der Waals surface area contributed by atoms with Crippen molar-refractivity contribution in [2.45, 2.75) is 31.7 Å². The van der Waals surface area contributed by atoms with Crippen LogP contribution in [-0.4, -0.2) is 20.5 Å². The van der Waals surface area contributed by atoms with Gasteiger partial charge in [0, 0.05) is 30.8 Å². The van der Waals surface area contributed by atoms with Gasteiger partial charge in [0.2, 0.25) is 0 Å². The maximum Gasteiger partial charge on any atom is 0.252 e. The highest BCUT2D eigenvalue weighted by Gasteiger charge is 2.46. The number of imidazole rings is 1. The fourth-order valence-electron chi connectivity index (χ4n) is 2.19. The molecule has 94 valence electrons. The van der Waals surface area contributed by atoms with Crippen molar-refractivity contribution in [1.29, 1.82) is 0 Å². The summed E-state index contributed by atoms with van der Waals surface area (Å²) in [4.78, 5) is 8.60. The molecule has 0 aromatic carbocycles. The standard InChI is InChI=1S/C13H13F2N3/c1-9-3-2-4-11(17-9)12-7-18(8-16-12)10-5-13(14,15)6-10/h2-4,7-8,10H,5-6H2,1H3. The lowest BCUT2D eigenvalue weighted by Crippen LogP contribution is -2.36. The van der Waals surface area contributed by atoms with Crippen LogP contribution in [0.1, 0.15) is 24.6 Å². The number of hydrogen-bond donors (Lipinski definition) is 0. The first-order chi connectivity index (χ1) is 8.53. The van der Waals surface area contributed by atoms with Crippen molar-refractivity contribution < 1.29 is 8.78 Å². The van der Waals surface area contributed by atoms with Crippen molar-refractivity contribution in [2.75, 3.05) is 0 Å². The van der Waals surface area contributed by atoms with E-state index in [1.54, 1.807) is 17.1 Å². The molecule has 18 heavy (non-hydrogen) atoms. The molecule has 1 fully saturated rings. The van der Waals surface area contributed by atoms with Gasteiger partial charge in [0.1, 0.15) is 5.69 Å². The molecule has 3 rings (SSSR count). The summed E-state index contributed by atoms with van der Waals surface area (Å²) in [6.07, 6.45) is 3.22. The number of aryl methyl sites for hydroxylation is 1.